The van der Waals surface area contributed by atoms with Crippen LogP contribution in [0.15, 0.2) is 12.1 Å². The normalized spacial score (nSPS) is 28.4. The number of nitrogen functional groups attached to an aromatic ring is 1. The van der Waals surface area contributed by atoms with Gasteiger partial charge >= 0.3 is 0 Å². The van der Waals surface area contributed by atoms with Gasteiger partial charge in [-0.2, -0.15) is 0 Å². The lowest BCUT2D eigenvalue weighted by atomic mass is 9.97. The van der Waals surface area contributed by atoms with E-state index in [-0.39, 0.29) is 0 Å². The van der Waals surface area contributed by atoms with E-state index < -0.39 is 0 Å². The van der Waals surface area contributed by atoms with Crippen LogP contribution in [0.3, 0.4) is 0 Å². The first-order chi connectivity index (χ1) is 7.99. The largest absolute Gasteiger partial charge is 0.399 e. The minimum absolute atomic E-state index is 0.448. The number of rotatable bonds is 2. The van der Waals surface area contributed by atoms with Crippen molar-refractivity contribution in [2.75, 3.05) is 11.1 Å². The van der Waals surface area contributed by atoms with E-state index in [0.29, 0.717) is 27.7 Å². The Morgan fingerprint density at radius 2 is 1.76 bits per heavy atom. The number of benzene rings is 1. The van der Waals surface area contributed by atoms with E-state index in [2.05, 4.69) is 19.2 Å². The fourth-order valence-electron chi connectivity index (χ4n) is 2.48. The molecule has 1 aromatic carbocycles. The van der Waals surface area contributed by atoms with Gasteiger partial charge in [-0.1, -0.05) is 37.0 Å². The van der Waals surface area contributed by atoms with Crippen LogP contribution in [0, 0.1) is 11.8 Å². The second-order valence-corrected chi connectivity index (χ2v) is 5.84. The molecular weight excluding hydrogens is 255 g/mol. The fraction of sp³-hybridized carbons (Fsp3) is 0.538. The van der Waals surface area contributed by atoms with E-state index in [1.165, 1.54) is 12.8 Å². The average molecular weight is 273 g/mol. The van der Waals surface area contributed by atoms with E-state index in [9.17, 15) is 0 Å². The summed E-state index contributed by atoms with van der Waals surface area (Å²) in [6, 6.07) is 3.92. The molecule has 94 valence electrons. The van der Waals surface area contributed by atoms with Crippen molar-refractivity contribution >= 4 is 34.6 Å². The van der Waals surface area contributed by atoms with Crippen LogP contribution < -0.4 is 11.1 Å². The van der Waals surface area contributed by atoms with Crippen molar-refractivity contribution < 1.29 is 0 Å². The summed E-state index contributed by atoms with van der Waals surface area (Å²) in [4.78, 5) is 0. The standard InChI is InChI=1S/C13H18Cl2N2/c1-7-3-4-12(8(7)2)17-13-10(14)5-9(16)6-11(13)15/h5-8,12,17H,3-4,16H2,1-2H3. The second kappa shape index (κ2) is 4.95. The molecule has 0 bridgehead atoms. The quantitative estimate of drug-likeness (QED) is 0.783. The third-order valence-corrected chi connectivity index (χ3v) is 4.46. The number of nitrogens with two attached hydrogens (primary N) is 1. The van der Waals surface area contributed by atoms with Gasteiger partial charge in [0.25, 0.3) is 0 Å². The number of halogens is 2. The van der Waals surface area contributed by atoms with Gasteiger partial charge in [-0.3, -0.25) is 0 Å². The van der Waals surface area contributed by atoms with Gasteiger partial charge in [-0.05, 0) is 36.8 Å². The lowest BCUT2D eigenvalue weighted by Gasteiger charge is -2.22. The van der Waals surface area contributed by atoms with Crippen molar-refractivity contribution in [3.63, 3.8) is 0 Å². The first kappa shape index (κ1) is 12.8. The number of hydrogen-bond acceptors (Lipinski definition) is 2. The van der Waals surface area contributed by atoms with Crippen molar-refractivity contribution in [3.8, 4) is 0 Å². The fourth-order valence-corrected chi connectivity index (χ4v) is 3.10. The molecule has 2 rings (SSSR count). The molecule has 17 heavy (non-hydrogen) atoms. The smallest absolute Gasteiger partial charge is 0.0722 e. The lowest BCUT2D eigenvalue weighted by molar-refractivity contribution is 0.435. The van der Waals surface area contributed by atoms with Crippen molar-refractivity contribution in [2.24, 2.45) is 11.8 Å². The van der Waals surface area contributed by atoms with Crippen molar-refractivity contribution in [2.45, 2.75) is 32.7 Å². The van der Waals surface area contributed by atoms with Crippen LogP contribution in [0.1, 0.15) is 26.7 Å². The van der Waals surface area contributed by atoms with Crippen LogP contribution in [0.25, 0.3) is 0 Å². The monoisotopic (exact) mass is 272 g/mol. The molecule has 4 heteroatoms. The third kappa shape index (κ3) is 2.63. The molecule has 0 radical (unpaired) electrons. The molecule has 0 aliphatic heterocycles. The van der Waals surface area contributed by atoms with Crippen molar-refractivity contribution in [1.29, 1.82) is 0 Å². The predicted molar refractivity (Wildman–Crippen MR) is 75.8 cm³/mol. The molecule has 1 aliphatic rings. The first-order valence-electron chi connectivity index (χ1n) is 6.00. The Bertz CT molecular complexity index is 397. The predicted octanol–water partition coefficient (Wildman–Crippen LogP) is 4.42. The zero-order valence-corrected chi connectivity index (χ0v) is 11.6. The molecule has 0 aromatic heterocycles. The van der Waals surface area contributed by atoms with Crippen molar-refractivity contribution in [1.82, 2.24) is 0 Å². The average Bonchev–Trinajstić information content (AvgIpc) is 2.54. The van der Waals surface area contributed by atoms with E-state index in [0.717, 1.165) is 11.6 Å². The molecular formula is C13H18Cl2N2. The summed E-state index contributed by atoms with van der Waals surface area (Å²) in [5, 5.41) is 4.66. The van der Waals surface area contributed by atoms with Gasteiger partial charge in [0.05, 0.1) is 15.7 Å². The second-order valence-electron chi connectivity index (χ2n) is 5.02. The van der Waals surface area contributed by atoms with Gasteiger partial charge in [0.15, 0.2) is 0 Å². The van der Waals surface area contributed by atoms with Crippen LogP contribution in [-0.4, -0.2) is 6.04 Å². The minimum Gasteiger partial charge on any atom is -0.399 e. The van der Waals surface area contributed by atoms with Gasteiger partial charge < -0.3 is 11.1 Å². The molecule has 1 fully saturated rings. The Labute approximate surface area is 112 Å². The van der Waals surface area contributed by atoms with Gasteiger partial charge in [-0.25, -0.2) is 0 Å². The Morgan fingerprint density at radius 1 is 1.18 bits per heavy atom. The van der Waals surface area contributed by atoms with Crippen molar-refractivity contribution in [3.05, 3.63) is 22.2 Å². The Balaban J connectivity index is 2.19. The molecule has 1 aromatic rings. The Hall–Kier alpha value is -0.600. The summed E-state index contributed by atoms with van der Waals surface area (Å²) in [5.74, 6) is 1.39. The van der Waals surface area contributed by atoms with E-state index in [4.69, 9.17) is 28.9 Å². The molecule has 3 atom stereocenters. The topological polar surface area (TPSA) is 38.0 Å². The number of anilines is 2. The van der Waals surface area contributed by atoms with Gasteiger partial charge in [-0.15, -0.1) is 0 Å². The molecule has 0 amide bonds. The Kier molecular flexibility index (Phi) is 3.74. The molecule has 3 unspecified atom stereocenters. The Morgan fingerprint density at radius 3 is 2.24 bits per heavy atom. The maximum atomic E-state index is 6.17. The molecule has 0 spiro atoms. The SMILES string of the molecule is CC1CCC(Nc2c(Cl)cc(N)cc2Cl)C1C. The molecule has 3 N–H and O–H groups in total. The lowest BCUT2D eigenvalue weighted by Crippen LogP contribution is -2.24. The highest BCUT2D eigenvalue weighted by molar-refractivity contribution is 6.39. The van der Waals surface area contributed by atoms with Crippen LogP contribution >= 0.6 is 23.2 Å². The maximum Gasteiger partial charge on any atom is 0.0722 e. The zero-order chi connectivity index (χ0) is 12.6. The van der Waals surface area contributed by atoms with Crippen LogP contribution in [0.4, 0.5) is 11.4 Å². The molecule has 1 aliphatic carbocycles. The van der Waals surface area contributed by atoms with Crippen LogP contribution in [0.2, 0.25) is 10.0 Å². The molecule has 1 saturated carbocycles. The van der Waals surface area contributed by atoms with Gasteiger partial charge in [0.1, 0.15) is 0 Å². The van der Waals surface area contributed by atoms with E-state index in [1.54, 1.807) is 12.1 Å². The van der Waals surface area contributed by atoms with Crippen LogP contribution in [-0.2, 0) is 0 Å². The van der Waals surface area contributed by atoms with E-state index in [1.807, 2.05) is 0 Å². The molecule has 0 saturated heterocycles. The first-order valence-corrected chi connectivity index (χ1v) is 6.75. The van der Waals surface area contributed by atoms with Crippen LogP contribution in [0.5, 0.6) is 0 Å². The highest BCUT2D eigenvalue weighted by Crippen LogP contribution is 2.38. The highest BCUT2D eigenvalue weighted by atomic mass is 35.5. The molecule has 0 heterocycles. The molecule has 2 nitrogen and oxygen atoms in total. The zero-order valence-electron chi connectivity index (χ0n) is 10.1. The van der Waals surface area contributed by atoms with Gasteiger partial charge in [0, 0.05) is 11.7 Å². The summed E-state index contributed by atoms with van der Waals surface area (Å²) in [7, 11) is 0. The summed E-state index contributed by atoms with van der Waals surface area (Å²) in [5.41, 5.74) is 7.10. The summed E-state index contributed by atoms with van der Waals surface area (Å²) >= 11 is 12.3. The maximum absolute atomic E-state index is 6.17. The minimum atomic E-state index is 0.448. The summed E-state index contributed by atoms with van der Waals surface area (Å²) in [6.07, 6.45) is 2.42. The number of nitrogens with one attached hydrogen (secondary N) is 1. The summed E-state index contributed by atoms with van der Waals surface area (Å²) < 4.78 is 0. The number of hydrogen-bond donors (Lipinski definition) is 2. The van der Waals surface area contributed by atoms with Gasteiger partial charge in [0.2, 0.25) is 0 Å². The van der Waals surface area contributed by atoms with E-state index >= 15 is 0 Å². The highest BCUT2D eigenvalue weighted by Gasteiger charge is 2.30. The third-order valence-electron chi connectivity index (χ3n) is 3.86. The summed E-state index contributed by atoms with van der Waals surface area (Å²) in [6.45, 7) is 4.56.